The molecule has 0 aliphatic heterocycles. The number of nitrogens with one attached hydrogen (secondary N) is 3. The van der Waals surface area contributed by atoms with E-state index in [-0.39, 0.29) is 67.5 Å². The van der Waals surface area contributed by atoms with E-state index < -0.39 is 65.5 Å². The van der Waals surface area contributed by atoms with Crippen LogP contribution in [0.15, 0.2) is 97.1 Å². The van der Waals surface area contributed by atoms with Crippen molar-refractivity contribution in [3.05, 3.63) is 119 Å². The highest BCUT2D eigenvalue weighted by Gasteiger charge is 2.35. The Hall–Kier alpha value is -7.36. The Labute approximate surface area is 383 Å². The van der Waals surface area contributed by atoms with Crippen molar-refractivity contribution in [1.82, 2.24) is 16.0 Å². The Kier molecular flexibility index (Phi) is 19.1. The number of rotatable bonds is 25. The summed E-state index contributed by atoms with van der Waals surface area (Å²) in [5.41, 5.74) is 1.89. The molecule has 6 N–H and O–H groups in total. The standard InChI is InChI=1S/C50H57N3O13/c1-31(47(62)52-42(28-36-10-18-38(56)19-11-36)48(63)51-25-24-34-14-22-40(23-15-34)66-46(61)29-44(58)59)30-50(3,4)49(64)53-41(27-35-8-16-37(55)17-9-35)43(57)7-5-6-33-12-20-39(21-13-33)65-45(60)26-32(2)54/h8-23,31,41-42,55-56H,5-7,24-30H2,1-4H3,(H,51,63)(H,52,62)(H,53,64)(H,58,59)/t31?,41-,42-/m0/s1. The summed E-state index contributed by atoms with van der Waals surface area (Å²) in [4.78, 5) is 101. The summed E-state index contributed by atoms with van der Waals surface area (Å²) in [7, 11) is 0. The molecule has 0 bridgehead atoms. The summed E-state index contributed by atoms with van der Waals surface area (Å²) >= 11 is 0. The lowest BCUT2D eigenvalue weighted by Crippen LogP contribution is -2.51. The summed E-state index contributed by atoms with van der Waals surface area (Å²) in [5, 5.41) is 37.0. The first-order valence-corrected chi connectivity index (χ1v) is 21.5. The number of aliphatic carboxylic acids is 1. The monoisotopic (exact) mass is 907 g/mol. The summed E-state index contributed by atoms with van der Waals surface area (Å²) in [6.07, 6.45) is 0.675. The summed E-state index contributed by atoms with van der Waals surface area (Å²) in [6.45, 7) is 6.46. The number of carboxylic acids is 1. The van der Waals surface area contributed by atoms with Crippen molar-refractivity contribution in [3.8, 4) is 23.0 Å². The molecule has 0 fully saturated rings. The second-order valence-electron chi connectivity index (χ2n) is 16.9. The highest BCUT2D eigenvalue weighted by molar-refractivity contribution is 5.95. The first-order chi connectivity index (χ1) is 31.3. The Bertz CT molecular complexity index is 2330. The van der Waals surface area contributed by atoms with E-state index in [1.807, 2.05) is 0 Å². The number of aromatic hydroxyl groups is 2. The predicted molar refractivity (Wildman–Crippen MR) is 241 cm³/mol. The van der Waals surface area contributed by atoms with Gasteiger partial charge in [-0.15, -0.1) is 0 Å². The molecule has 0 aliphatic rings. The number of carbonyl (C=O) groups is 8. The average molecular weight is 908 g/mol. The number of esters is 2. The number of ketones is 2. The number of hydrogen-bond donors (Lipinski definition) is 6. The van der Waals surface area contributed by atoms with Crippen molar-refractivity contribution in [2.24, 2.45) is 11.3 Å². The Morgan fingerprint density at radius 3 is 1.58 bits per heavy atom. The number of carbonyl (C=O) groups excluding carboxylic acids is 7. The van der Waals surface area contributed by atoms with Gasteiger partial charge >= 0.3 is 17.9 Å². The fourth-order valence-corrected chi connectivity index (χ4v) is 7.01. The summed E-state index contributed by atoms with van der Waals surface area (Å²) in [6, 6.07) is 23.7. The number of Topliss-reactive ketones (excluding diaryl/α,β-unsaturated/α-hetero) is 2. The third kappa shape index (κ3) is 17.7. The van der Waals surface area contributed by atoms with Crippen LogP contribution in [-0.2, 0) is 64.0 Å². The van der Waals surface area contributed by atoms with E-state index in [9.17, 15) is 48.6 Å². The SMILES string of the molecule is CC(=O)CC(=O)Oc1ccc(CCCC(=O)[C@H](Cc2ccc(O)cc2)NC(=O)C(C)(C)CC(C)C(=O)N[C@@H](Cc2ccc(O)cc2)C(=O)NCCc2ccc(OC(=O)CC(=O)O)cc2)cc1. The number of phenols is 2. The van der Waals surface area contributed by atoms with E-state index in [0.29, 0.717) is 36.1 Å². The summed E-state index contributed by atoms with van der Waals surface area (Å²) < 4.78 is 10.2. The largest absolute Gasteiger partial charge is 0.508 e. The maximum atomic E-state index is 14.0. The fourth-order valence-electron chi connectivity index (χ4n) is 7.01. The molecule has 0 spiro atoms. The maximum Gasteiger partial charge on any atom is 0.322 e. The van der Waals surface area contributed by atoms with Gasteiger partial charge < -0.3 is 40.7 Å². The Balaban J connectivity index is 1.37. The zero-order valence-electron chi connectivity index (χ0n) is 37.5. The van der Waals surface area contributed by atoms with Crippen LogP contribution in [0.25, 0.3) is 0 Å². The van der Waals surface area contributed by atoms with Gasteiger partial charge in [0.25, 0.3) is 0 Å². The molecule has 3 atom stereocenters. The van der Waals surface area contributed by atoms with Crippen LogP contribution >= 0.6 is 0 Å². The van der Waals surface area contributed by atoms with Gasteiger partial charge in [0.15, 0.2) is 5.78 Å². The smallest absolute Gasteiger partial charge is 0.322 e. The normalized spacial score (nSPS) is 12.4. The van der Waals surface area contributed by atoms with Gasteiger partial charge in [0, 0.05) is 30.7 Å². The van der Waals surface area contributed by atoms with Gasteiger partial charge in [0.2, 0.25) is 17.7 Å². The lowest BCUT2D eigenvalue weighted by atomic mass is 9.81. The van der Waals surface area contributed by atoms with Gasteiger partial charge in [-0.2, -0.15) is 0 Å². The lowest BCUT2D eigenvalue weighted by molar-refractivity contribution is -0.146. The fraction of sp³-hybridized carbons (Fsp3) is 0.360. The number of phenolic OH excluding ortho intramolecular Hbond substituents is 2. The van der Waals surface area contributed by atoms with Crippen LogP contribution in [0.1, 0.15) is 82.1 Å². The van der Waals surface area contributed by atoms with Crippen LogP contribution in [0.3, 0.4) is 0 Å². The highest BCUT2D eigenvalue weighted by Crippen LogP contribution is 2.27. The maximum absolute atomic E-state index is 14.0. The first-order valence-electron chi connectivity index (χ1n) is 21.5. The molecule has 0 radical (unpaired) electrons. The van der Waals surface area contributed by atoms with E-state index >= 15 is 0 Å². The van der Waals surface area contributed by atoms with E-state index in [0.717, 1.165) is 11.1 Å². The van der Waals surface area contributed by atoms with Crippen molar-refractivity contribution in [2.75, 3.05) is 6.54 Å². The van der Waals surface area contributed by atoms with E-state index in [1.165, 1.54) is 43.3 Å². The molecule has 66 heavy (non-hydrogen) atoms. The Morgan fingerprint density at radius 2 is 1.08 bits per heavy atom. The van der Waals surface area contributed by atoms with Gasteiger partial charge in [0.05, 0.1) is 6.04 Å². The molecule has 4 aromatic rings. The molecular weight excluding hydrogens is 851 g/mol. The van der Waals surface area contributed by atoms with Gasteiger partial charge in [-0.25, -0.2) is 0 Å². The van der Waals surface area contributed by atoms with Crippen LogP contribution in [-0.4, -0.2) is 81.1 Å². The molecule has 4 rings (SSSR count). The predicted octanol–water partition coefficient (Wildman–Crippen LogP) is 5.12. The molecule has 3 amide bonds. The second kappa shape index (κ2) is 24.6. The molecule has 16 heteroatoms. The van der Waals surface area contributed by atoms with Gasteiger partial charge in [-0.05, 0) is 110 Å². The number of carboxylic acid groups (broad SMARTS) is 1. The molecular formula is C50H57N3O13. The number of benzene rings is 4. The van der Waals surface area contributed by atoms with E-state index in [4.69, 9.17) is 14.6 Å². The van der Waals surface area contributed by atoms with E-state index in [2.05, 4.69) is 16.0 Å². The lowest BCUT2D eigenvalue weighted by Gasteiger charge is -2.30. The molecule has 16 nitrogen and oxygen atoms in total. The van der Waals surface area contributed by atoms with Crippen molar-refractivity contribution in [3.63, 3.8) is 0 Å². The van der Waals surface area contributed by atoms with E-state index in [1.54, 1.807) is 81.4 Å². The minimum atomic E-state index is -1.31. The zero-order chi connectivity index (χ0) is 48.4. The molecule has 4 aromatic carbocycles. The van der Waals surface area contributed by atoms with Crippen LogP contribution in [0.2, 0.25) is 0 Å². The molecule has 0 heterocycles. The number of hydrogen-bond acceptors (Lipinski definition) is 12. The van der Waals surface area contributed by atoms with Gasteiger partial charge in [0.1, 0.15) is 47.7 Å². The first kappa shape index (κ1) is 51.3. The van der Waals surface area contributed by atoms with Crippen molar-refractivity contribution >= 4 is 47.2 Å². The number of aryl methyl sites for hydroxylation is 1. The van der Waals surface area contributed by atoms with Gasteiger partial charge in [-0.1, -0.05) is 69.3 Å². The number of amides is 3. The van der Waals surface area contributed by atoms with Crippen LogP contribution in [0.4, 0.5) is 0 Å². The molecule has 0 aromatic heterocycles. The van der Waals surface area contributed by atoms with Crippen LogP contribution in [0, 0.1) is 11.3 Å². The van der Waals surface area contributed by atoms with Crippen molar-refractivity contribution < 1.29 is 63.1 Å². The van der Waals surface area contributed by atoms with Crippen molar-refractivity contribution in [2.45, 2.75) is 97.6 Å². The minimum absolute atomic E-state index is 0.0319. The van der Waals surface area contributed by atoms with Crippen molar-refractivity contribution in [1.29, 1.82) is 0 Å². The third-order valence-corrected chi connectivity index (χ3v) is 10.6. The average Bonchev–Trinajstić information content (AvgIpc) is 3.25. The quantitative estimate of drug-likeness (QED) is 0.0287. The molecule has 350 valence electrons. The van der Waals surface area contributed by atoms with Gasteiger partial charge in [-0.3, -0.25) is 38.4 Å². The molecule has 1 unspecified atom stereocenters. The molecule has 0 aliphatic carbocycles. The zero-order valence-corrected chi connectivity index (χ0v) is 37.5. The van der Waals surface area contributed by atoms with Crippen LogP contribution < -0.4 is 25.4 Å². The molecule has 0 saturated carbocycles. The summed E-state index contributed by atoms with van der Waals surface area (Å²) in [5.74, 6) is -5.02. The topological polar surface area (TPSA) is 252 Å². The number of ether oxygens (including phenoxy) is 2. The third-order valence-electron chi connectivity index (χ3n) is 10.6. The Morgan fingerprint density at radius 1 is 0.606 bits per heavy atom. The minimum Gasteiger partial charge on any atom is -0.508 e. The molecule has 0 saturated heterocycles. The highest BCUT2D eigenvalue weighted by atomic mass is 16.5. The van der Waals surface area contributed by atoms with Crippen LogP contribution in [0.5, 0.6) is 23.0 Å². The second-order valence-corrected chi connectivity index (χ2v) is 16.9.